The third kappa shape index (κ3) is 3.89. The van der Waals surface area contributed by atoms with Crippen LogP contribution in [0.25, 0.3) is 0 Å². The molecule has 20 heavy (non-hydrogen) atoms. The average molecular weight is 290 g/mol. The minimum Gasteiger partial charge on any atom is -0.463 e. The van der Waals surface area contributed by atoms with Crippen LogP contribution in [-0.4, -0.2) is 63.2 Å². The number of fused-ring (bicyclic) bond motifs is 1. The molecular formula is C12H18O8. The fourth-order valence-corrected chi connectivity index (χ4v) is 2.11. The molecule has 2 aliphatic heterocycles. The highest BCUT2D eigenvalue weighted by molar-refractivity contribution is 5.66. The van der Waals surface area contributed by atoms with Crippen molar-refractivity contribution in [2.75, 3.05) is 26.8 Å². The van der Waals surface area contributed by atoms with Gasteiger partial charge < -0.3 is 28.4 Å². The van der Waals surface area contributed by atoms with Gasteiger partial charge in [-0.3, -0.25) is 9.59 Å². The first-order valence-electron chi connectivity index (χ1n) is 6.31. The summed E-state index contributed by atoms with van der Waals surface area (Å²) in [6, 6.07) is 0. The molecule has 4 atom stereocenters. The molecule has 2 aliphatic rings. The molecule has 0 bridgehead atoms. The maximum absolute atomic E-state index is 10.9. The lowest BCUT2D eigenvalue weighted by Gasteiger charge is -2.43. The third-order valence-corrected chi connectivity index (χ3v) is 3.04. The smallest absolute Gasteiger partial charge is 0.302 e. The van der Waals surface area contributed by atoms with Gasteiger partial charge in [-0.25, -0.2) is 0 Å². The van der Waals surface area contributed by atoms with Crippen LogP contribution in [0.15, 0.2) is 0 Å². The van der Waals surface area contributed by atoms with Crippen LogP contribution in [0.3, 0.4) is 0 Å². The zero-order chi connectivity index (χ0) is 14.5. The molecule has 2 rings (SSSR count). The standard InChI is InChI=1S/C12H18O8/c1-7(13)15-3-9-11-12(20-5-17-9)10(18-6-19-11)4-16-8(2)14/h9-12H,3-6H2,1-2H3/t9-,10-,11+,12+/m0/s1. The van der Waals surface area contributed by atoms with Crippen molar-refractivity contribution in [2.24, 2.45) is 0 Å². The van der Waals surface area contributed by atoms with Crippen LogP contribution >= 0.6 is 0 Å². The lowest BCUT2D eigenvalue weighted by molar-refractivity contribution is -0.329. The van der Waals surface area contributed by atoms with Crippen molar-refractivity contribution in [1.82, 2.24) is 0 Å². The number of carbonyl (C=O) groups excluding carboxylic acids is 2. The Morgan fingerprint density at radius 2 is 1.25 bits per heavy atom. The van der Waals surface area contributed by atoms with Crippen molar-refractivity contribution in [2.45, 2.75) is 38.3 Å². The Labute approximate surface area is 116 Å². The number of hydrogen-bond acceptors (Lipinski definition) is 8. The molecule has 2 fully saturated rings. The molecule has 0 aromatic rings. The molecule has 8 heteroatoms. The Morgan fingerprint density at radius 1 is 0.850 bits per heavy atom. The predicted molar refractivity (Wildman–Crippen MR) is 62.5 cm³/mol. The molecule has 8 nitrogen and oxygen atoms in total. The lowest BCUT2D eigenvalue weighted by Crippen LogP contribution is -2.59. The topological polar surface area (TPSA) is 89.5 Å². The van der Waals surface area contributed by atoms with E-state index in [1.807, 2.05) is 0 Å². The fourth-order valence-electron chi connectivity index (χ4n) is 2.11. The summed E-state index contributed by atoms with van der Waals surface area (Å²) in [4.78, 5) is 21.7. The van der Waals surface area contributed by atoms with Crippen molar-refractivity contribution in [1.29, 1.82) is 0 Å². The third-order valence-electron chi connectivity index (χ3n) is 3.04. The monoisotopic (exact) mass is 290 g/mol. The zero-order valence-electron chi connectivity index (χ0n) is 11.4. The van der Waals surface area contributed by atoms with Crippen LogP contribution in [0.5, 0.6) is 0 Å². The highest BCUT2D eigenvalue weighted by atomic mass is 16.8. The Bertz CT molecular complexity index is 323. The number of esters is 2. The average Bonchev–Trinajstić information content (AvgIpc) is 2.42. The van der Waals surface area contributed by atoms with Gasteiger partial charge in [0.2, 0.25) is 0 Å². The van der Waals surface area contributed by atoms with Crippen LogP contribution in [-0.2, 0) is 38.0 Å². The van der Waals surface area contributed by atoms with E-state index >= 15 is 0 Å². The lowest BCUT2D eigenvalue weighted by atomic mass is 10.0. The van der Waals surface area contributed by atoms with Crippen molar-refractivity contribution in [3.05, 3.63) is 0 Å². The van der Waals surface area contributed by atoms with E-state index in [1.54, 1.807) is 0 Å². The maximum Gasteiger partial charge on any atom is 0.302 e. The molecule has 2 heterocycles. The molecule has 0 aromatic heterocycles. The molecule has 2 saturated heterocycles. The van der Waals surface area contributed by atoms with Gasteiger partial charge in [0.1, 0.15) is 51.2 Å². The summed E-state index contributed by atoms with van der Waals surface area (Å²) in [7, 11) is 0. The summed E-state index contributed by atoms with van der Waals surface area (Å²) in [5.74, 6) is -0.777. The highest BCUT2D eigenvalue weighted by Crippen LogP contribution is 2.26. The second kappa shape index (κ2) is 6.98. The van der Waals surface area contributed by atoms with Crippen LogP contribution < -0.4 is 0 Å². The Kier molecular flexibility index (Phi) is 5.30. The Balaban J connectivity index is 1.93. The fraction of sp³-hybridized carbons (Fsp3) is 0.833. The van der Waals surface area contributed by atoms with Gasteiger partial charge in [-0.1, -0.05) is 0 Å². The number of ether oxygens (including phenoxy) is 6. The summed E-state index contributed by atoms with van der Waals surface area (Å²) in [5, 5.41) is 0. The van der Waals surface area contributed by atoms with Crippen molar-refractivity contribution >= 4 is 11.9 Å². The number of rotatable bonds is 4. The minimum absolute atomic E-state index is 0.0381. The van der Waals surface area contributed by atoms with Crippen LogP contribution in [0.2, 0.25) is 0 Å². The molecule has 0 amide bonds. The molecule has 0 spiro atoms. The van der Waals surface area contributed by atoms with Crippen molar-refractivity contribution in [3.63, 3.8) is 0 Å². The second-order valence-corrected chi connectivity index (χ2v) is 4.51. The zero-order valence-corrected chi connectivity index (χ0v) is 11.4. The summed E-state index contributed by atoms with van der Waals surface area (Å²) in [6.45, 7) is 2.89. The molecule has 0 unspecified atom stereocenters. The Morgan fingerprint density at radius 3 is 1.60 bits per heavy atom. The molecule has 0 N–H and O–H groups in total. The largest absolute Gasteiger partial charge is 0.463 e. The summed E-state index contributed by atoms with van der Waals surface area (Å²) >= 11 is 0. The first kappa shape index (κ1) is 15.2. The van der Waals surface area contributed by atoms with E-state index in [-0.39, 0.29) is 38.7 Å². The summed E-state index contributed by atoms with van der Waals surface area (Å²) in [5.41, 5.74) is 0. The Hall–Kier alpha value is -1.22. The van der Waals surface area contributed by atoms with Gasteiger partial charge in [0.25, 0.3) is 0 Å². The molecule has 0 radical (unpaired) electrons. The molecule has 0 aliphatic carbocycles. The van der Waals surface area contributed by atoms with E-state index < -0.39 is 24.4 Å². The van der Waals surface area contributed by atoms with Crippen LogP contribution in [0.4, 0.5) is 0 Å². The molecule has 114 valence electrons. The van der Waals surface area contributed by atoms with E-state index in [9.17, 15) is 9.59 Å². The summed E-state index contributed by atoms with van der Waals surface area (Å²) in [6.07, 6.45) is -1.72. The highest BCUT2D eigenvalue weighted by Gasteiger charge is 2.45. The first-order chi connectivity index (χ1) is 9.58. The van der Waals surface area contributed by atoms with E-state index in [2.05, 4.69) is 0 Å². The van der Waals surface area contributed by atoms with E-state index in [0.29, 0.717) is 0 Å². The van der Waals surface area contributed by atoms with Crippen LogP contribution in [0, 0.1) is 0 Å². The summed E-state index contributed by atoms with van der Waals surface area (Å²) < 4.78 is 31.6. The van der Waals surface area contributed by atoms with Crippen molar-refractivity contribution in [3.8, 4) is 0 Å². The second-order valence-electron chi connectivity index (χ2n) is 4.51. The molecule has 0 aromatic carbocycles. The van der Waals surface area contributed by atoms with Gasteiger partial charge in [0.05, 0.1) is 0 Å². The van der Waals surface area contributed by atoms with Gasteiger partial charge in [-0.2, -0.15) is 0 Å². The number of carbonyl (C=O) groups is 2. The van der Waals surface area contributed by atoms with E-state index in [4.69, 9.17) is 28.4 Å². The quantitative estimate of drug-likeness (QED) is 0.646. The van der Waals surface area contributed by atoms with Crippen molar-refractivity contribution < 1.29 is 38.0 Å². The van der Waals surface area contributed by atoms with Gasteiger partial charge in [-0.15, -0.1) is 0 Å². The maximum atomic E-state index is 10.9. The van der Waals surface area contributed by atoms with E-state index in [1.165, 1.54) is 13.8 Å². The van der Waals surface area contributed by atoms with Gasteiger partial charge >= 0.3 is 11.9 Å². The number of hydrogen-bond donors (Lipinski definition) is 0. The van der Waals surface area contributed by atoms with Gasteiger partial charge in [-0.05, 0) is 0 Å². The van der Waals surface area contributed by atoms with Gasteiger partial charge in [0, 0.05) is 13.8 Å². The molecule has 0 saturated carbocycles. The van der Waals surface area contributed by atoms with Gasteiger partial charge in [0.15, 0.2) is 0 Å². The predicted octanol–water partition coefficient (Wildman–Crippen LogP) is -0.404. The normalized spacial score (nSPS) is 33.1. The molecular weight excluding hydrogens is 272 g/mol. The SMILES string of the molecule is CC(=O)OC[C@@H]1OCO[C@H]2[C@@H]1OCO[C@H]2COC(C)=O. The van der Waals surface area contributed by atoms with E-state index in [0.717, 1.165) is 0 Å². The van der Waals surface area contributed by atoms with Crippen LogP contribution in [0.1, 0.15) is 13.8 Å². The first-order valence-corrected chi connectivity index (χ1v) is 6.31. The minimum atomic E-state index is -0.433.